The van der Waals surface area contributed by atoms with Gasteiger partial charge in [-0.3, -0.25) is 0 Å². The summed E-state index contributed by atoms with van der Waals surface area (Å²) in [6.45, 7) is 7.51. The van der Waals surface area contributed by atoms with Crippen molar-refractivity contribution >= 4 is 44.3 Å². The molecule has 4 heteroatoms. The molecule has 9 rings (SSSR count). The van der Waals surface area contributed by atoms with E-state index in [0.29, 0.717) is 7.25 Å². The largest absolute Gasteiger partial charge is 1.00 e. The number of hydrogen-bond donors (Lipinski definition) is 0. The minimum absolute atomic E-state index is 0. The third kappa shape index (κ3) is 6.47. The maximum Gasteiger partial charge on any atom is -1.00 e. The Morgan fingerprint density at radius 1 is 0.453 bits per heavy atom. The molecule has 0 bridgehead atoms. The topological polar surface area (TPSA) is 0 Å². The first-order chi connectivity index (χ1) is 25.2. The summed E-state index contributed by atoms with van der Waals surface area (Å²) in [6.07, 6.45) is 7.47. The summed E-state index contributed by atoms with van der Waals surface area (Å²) in [5, 5.41) is 6.91. The molecule has 0 nitrogen and oxygen atoms in total. The molecule has 2 atom stereocenters. The van der Waals surface area contributed by atoms with Crippen molar-refractivity contribution in [1.82, 2.24) is 0 Å². The molecule has 7 aromatic carbocycles. The Balaban J connectivity index is 0.00000218. The smallest absolute Gasteiger partial charge is 1.00 e. The van der Waals surface area contributed by atoms with Crippen molar-refractivity contribution in [3.8, 4) is 22.3 Å². The van der Waals surface area contributed by atoms with Crippen molar-refractivity contribution in [3.63, 3.8) is 0 Å². The summed E-state index contributed by atoms with van der Waals surface area (Å²) in [5.41, 5.74) is 14.1. The van der Waals surface area contributed by atoms with Gasteiger partial charge in [-0.2, -0.15) is 0 Å². The second-order valence-electron chi connectivity index (χ2n) is 14.1. The van der Waals surface area contributed by atoms with E-state index in [-0.39, 0.29) is 24.8 Å². The molecule has 2 aliphatic rings. The zero-order chi connectivity index (χ0) is 34.5. The van der Waals surface area contributed by atoms with Crippen molar-refractivity contribution in [2.45, 2.75) is 40.5 Å². The molecule has 2 aliphatic carbocycles. The Kier molecular flexibility index (Phi) is 11.3. The average molecular weight is 821 g/mol. The van der Waals surface area contributed by atoms with E-state index >= 15 is 0 Å². The van der Waals surface area contributed by atoms with Gasteiger partial charge in [0.05, 0.1) is 0 Å². The van der Waals surface area contributed by atoms with Crippen LogP contribution in [0.1, 0.15) is 56.2 Å². The molecule has 7 aromatic rings. The molecule has 0 fully saturated rings. The number of rotatable bonds is 7. The predicted molar refractivity (Wildman–Crippen MR) is 218 cm³/mol. The van der Waals surface area contributed by atoms with Crippen molar-refractivity contribution < 1.29 is 45.2 Å². The Morgan fingerprint density at radius 2 is 0.849 bits per heavy atom. The zero-order valence-corrected chi connectivity index (χ0v) is 35.4. The van der Waals surface area contributed by atoms with Crippen LogP contribution in [0.15, 0.2) is 163 Å². The van der Waals surface area contributed by atoms with Gasteiger partial charge in [0.2, 0.25) is 0 Å². The van der Waals surface area contributed by atoms with E-state index in [1.54, 1.807) is 27.5 Å². The van der Waals surface area contributed by atoms with Crippen LogP contribution in [0.5, 0.6) is 0 Å². The molecule has 260 valence electrons. The van der Waals surface area contributed by atoms with Crippen LogP contribution < -0.4 is 30.0 Å². The van der Waals surface area contributed by atoms with Crippen LogP contribution in [0, 0.1) is 0 Å². The fourth-order valence-corrected chi connectivity index (χ4v) is 32.2. The van der Waals surface area contributed by atoms with E-state index in [0.717, 1.165) is 12.8 Å². The minimum Gasteiger partial charge on any atom is -1.00 e. The second-order valence-corrected chi connectivity index (χ2v) is 30.0. The van der Waals surface area contributed by atoms with Crippen molar-refractivity contribution in [2.75, 3.05) is 0 Å². The fourth-order valence-electron chi connectivity index (χ4n) is 9.12. The average Bonchev–Trinajstić information content (AvgIpc) is 3.76. The summed E-state index contributed by atoms with van der Waals surface area (Å²) in [7, 11) is 0. The molecular formula is C49H42Cl2SiZr. The van der Waals surface area contributed by atoms with Crippen LogP contribution in [0.4, 0.5) is 0 Å². The van der Waals surface area contributed by atoms with Gasteiger partial charge < -0.3 is 24.8 Å². The SMILES string of the molecule is CCC1=Cc2c(-c3cccc4ccccc34)cccc2[CH]1[Zr+2]([CH]1C(CC)=Cc2c(-c3cccc4ccccc34)cccc21)=[Si](C)c1ccccc1.[Cl-].[Cl-]. The summed E-state index contributed by atoms with van der Waals surface area (Å²) in [5.74, 6) is 0. The molecule has 0 aliphatic heterocycles. The Labute approximate surface area is 334 Å². The summed E-state index contributed by atoms with van der Waals surface area (Å²) < 4.78 is 1.10. The maximum atomic E-state index is 2.69. The van der Waals surface area contributed by atoms with Gasteiger partial charge >= 0.3 is 312 Å². The zero-order valence-electron chi connectivity index (χ0n) is 30.4. The monoisotopic (exact) mass is 818 g/mol. The molecule has 0 saturated carbocycles. The molecule has 0 amide bonds. The van der Waals surface area contributed by atoms with Gasteiger partial charge in [-0.25, -0.2) is 0 Å². The van der Waals surface area contributed by atoms with E-state index in [1.807, 2.05) is 0 Å². The number of benzene rings is 7. The minimum atomic E-state index is -2.52. The van der Waals surface area contributed by atoms with Crippen LogP contribution in [-0.4, -0.2) is 5.43 Å². The molecule has 2 unspecified atom stereocenters. The van der Waals surface area contributed by atoms with Crippen molar-refractivity contribution in [1.29, 1.82) is 0 Å². The van der Waals surface area contributed by atoms with E-state index < -0.39 is 25.8 Å². The molecule has 0 radical (unpaired) electrons. The van der Waals surface area contributed by atoms with Gasteiger partial charge in [-0.15, -0.1) is 0 Å². The fraction of sp³-hybridized carbons (Fsp3) is 0.143. The van der Waals surface area contributed by atoms with Crippen molar-refractivity contribution in [2.24, 2.45) is 0 Å². The second kappa shape index (κ2) is 15.9. The Morgan fingerprint density at radius 3 is 1.32 bits per heavy atom. The van der Waals surface area contributed by atoms with E-state index in [1.165, 1.54) is 54.9 Å². The number of halogens is 2. The van der Waals surface area contributed by atoms with E-state index in [4.69, 9.17) is 0 Å². The van der Waals surface area contributed by atoms with Gasteiger partial charge in [0, 0.05) is 0 Å². The third-order valence-electron chi connectivity index (χ3n) is 11.5. The first-order valence-electron chi connectivity index (χ1n) is 18.5. The van der Waals surface area contributed by atoms with Crippen LogP contribution in [0.2, 0.25) is 6.55 Å². The summed E-state index contributed by atoms with van der Waals surface area (Å²) in [6, 6.07) is 57.6. The van der Waals surface area contributed by atoms with Gasteiger partial charge in [-0.05, 0) is 0 Å². The summed E-state index contributed by atoms with van der Waals surface area (Å²) in [4.78, 5) is 0. The standard InChI is InChI=1S/2C21H17.C7H8Si.2ClH.Zr/c2*1-2-15-13-17-9-6-12-20(21(17)14-15)19-11-5-8-16-7-3-4-10-18(16)19;1-8-7-5-3-2-4-6-7;;;/h2*3-14H,2H2,1H3;2-6H,1H3;2*1H;/q;;;;;+2/p-2. The first kappa shape index (κ1) is 37.5. The predicted octanol–water partition coefficient (Wildman–Crippen LogP) is 6.88. The van der Waals surface area contributed by atoms with E-state index in [9.17, 15) is 0 Å². The molecule has 0 aromatic heterocycles. The molecule has 0 heterocycles. The van der Waals surface area contributed by atoms with Gasteiger partial charge in [0.15, 0.2) is 0 Å². The molecular weight excluding hydrogens is 779 g/mol. The van der Waals surface area contributed by atoms with Gasteiger partial charge in [0.1, 0.15) is 0 Å². The van der Waals surface area contributed by atoms with Gasteiger partial charge in [-0.1, -0.05) is 0 Å². The maximum absolute atomic E-state index is 2.69. The van der Waals surface area contributed by atoms with Crippen LogP contribution >= 0.6 is 0 Å². The first-order valence-corrected chi connectivity index (χ1v) is 27.1. The molecule has 0 spiro atoms. The number of allylic oxidation sites excluding steroid dienone is 2. The molecule has 53 heavy (non-hydrogen) atoms. The Bertz CT molecular complexity index is 2420. The Hall–Kier alpha value is -3.78. The van der Waals surface area contributed by atoms with Crippen molar-refractivity contribution in [3.05, 3.63) is 185 Å². The number of hydrogen-bond acceptors (Lipinski definition) is 0. The third-order valence-corrected chi connectivity index (χ3v) is 31.9. The van der Waals surface area contributed by atoms with Crippen LogP contribution in [-0.2, 0) is 20.4 Å². The van der Waals surface area contributed by atoms with Crippen LogP contribution in [0.3, 0.4) is 0 Å². The van der Waals surface area contributed by atoms with E-state index in [2.05, 4.69) is 184 Å². The molecule has 0 saturated heterocycles. The summed E-state index contributed by atoms with van der Waals surface area (Å²) >= 11 is -2.52. The molecule has 0 N–H and O–H groups in total. The normalized spacial score (nSPS) is 15.4. The van der Waals surface area contributed by atoms with Gasteiger partial charge in [0.25, 0.3) is 0 Å². The number of fused-ring (bicyclic) bond motifs is 4. The van der Waals surface area contributed by atoms with Crippen LogP contribution in [0.25, 0.3) is 56.0 Å². The quantitative estimate of drug-likeness (QED) is 0.154.